The average Bonchev–Trinajstić information content (AvgIpc) is 1.99. The maximum Gasteiger partial charge on any atom is 0.405 e. The highest BCUT2D eigenvalue weighted by atomic mass is 79.9. The van der Waals surface area contributed by atoms with Crippen molar-refractivity contribution < 1.29 is 26.3 Å². The monoisotopic (exact) mass is 292 g/mol. The van der Waals surface area contributed by atoms with Crippen molar-refractivity contribution >= 4 is 15.9 Å². The molecule has 0 radical (unpaired) electrons. The van der Waals surface area contributed by atoms with Crippen molar-refractivity contribution in [3.8, 4) is 0 Å². The molecular weight excluding hydrogens is 290 g/mol. The summed E-state index contributed by atoms with van der Waals surface area (Å²) in [7, 11) is 0. The molecule has 15 heavy (non-hydrogen) atoms. The van der Waals surface area contributed by atoms with Gasteiger partial charge in [-0.15, -0.1) is 0 Å². The molecule has 84 valence electrons. The van der Waals surface area contributed by atoms with E-state index in [1.807, 2.05) is 0 Å². The van der Waals surface area contributed by atoms with Gasteiger partial charge in [-0.3, -0.25) is 0 Å². The van der Waals surface area contributed by atoms with Crippen LogP contribution in [0.25, 0.3) is 0 Å². The Labute approximate surface area is 89.0 Å². The van der Waals surface area contributed by atoms with Gasteiger partial charge < -0.3 is 0 Å². The molecular formula is C8H3BrF6. The Hall–Kier alpha value is -0.720. The number of benzene rings is 1. The quantitative estimate of drug-likeness (QED) is 0.540. The molecule has 1 unspecified atom stereocenters. The fourth-order valence-corrected chi connectivity index (χ4v) is 1.40. The molecule has 0 fully saturated rings. The van der Waals surface area contributed by atoms with E-state index in [4.69, 9.17) is 0 Å². The Morgan fingerprint density at radius 3 is 1.73 bits per heavy atom. The minimum Gasteiger partial charge on any atom is -0.207 e. The minimum atomic E-state index is -4.85. The third-order valence-electron chi connectivity index (χ3n) is 1.58. The Morgan fingerprint density at radius 1 is 1.00 bits per heavy atom. The molecule has 0 nitrogen and oxygen atoms in total. The predicted octanol–water partition coefficient (Wildman–Crippen LogP) is 4.10. The van der Waals surface area contributed by atoms with E-state index in [9.17, 15) is 26.3 Å². The van der Waals surface area contributed by atoms with Crippen molar-refractivity contribution in [2.24, 2.45) is 0 Å². The number of alkyl halides is 4. The first kappa shape index (κ1) is 12.4. The molecule has 7 heteroatoms. The van der Waals surface area contributed by atoms with Crippen LogP contribution in [0.4, 0.5) is 26.3 Å². The maximum atomic E-state index is 12.9. The van der Waals surface area contributed by atoms with Crippen molar-refractivity contribution in [3.05, 3.63) is 35.1 Å². The summed E-state index contributed by atoms with van der Waals surface area (Å²) in [5, 5.41) is 0. The summed E-state index contributed by atoms with van der Waals surface area (Å²) in [5.74, 6) is -4.42. The fraction of sp³-hybridized carbons (Fsp3) is 0.250. The summed E-state index contributed by atoms with van der Waals surface area (Å²) >= 11 is 2.11. The fourth-order valence-electron chi connectivity index (χ4n) is 0.959. The lowest BCUT2D eigenvalue weighted by atomic mass is 10.1. The second-order valence-corrected chi connectivity index (χ2v) is 3.60. The first-order valence-electron chi connectivity index (χ1n) is 3.58. The van der Waals surface area contributed by atoms with Crippen molar-refractivity contribution in [1.29, 1.82) is 0 Å². The van der Waals surface area contributed by atoms with E-state index < -0.39 is 34.0 Å². The van der Waals surface area contributed by atoms with Crippen LogP contribution in [0, 0.1) is 17.5 Å². The molecule has 0 bridgehead atoms. The van der Waals surface area contributed by atoms with Gasteiger partial charge in [0.25, 0.3) is 0 Å². The molecule has 0 aliphatic rings. The molecule has 1 aromatic rings. The van der Waals surface area contributed by atoms with Gasteiger partial charge in [-0.2, -0.15) is 13.2 Å². The lowest BCUT2D eigenvalue weighted by Gasteiger charge is -2.15. The number of hydrogen-bond donors (Lipinski definition) is 0. The molecule has 0 saturated carbocycles. The van der Waals surface area contributed by atoms with Crippen LogP contribution in [-0.4, -0.2) is 6.18 Å². The Balaban J connectivity index is 3.26. The van der Waals surface area contributed by atoms with E-state index in [2.05, 4.69) is 15.9 Å². The third kappa shape index (κ3) is 2.64. The normalized spacial score (nSPS) is 14.1. The van der Waals surface area contributed by atoms with Gasteiger partial charge in [-0.25, -0.2) is 13.2 Å². The van der Waals surface area contributed by atoms with Gasteiger partial charge in [0, 0.05) is 17.7 Å². The molecule has 0 spiro atoms. The highest BCUT2D eigenvalue weighted by Crippen LogP contribution is 2.41. The average molecular weight is 293 g/mol. The summed E-state index contributed by atoms with van der Waals surface area (Å²) in [6.45, 7) is 0. The van der Waals surface area contributed by atoms with Gasteiger partial charge in [0.15, 0.2) is 0 Å². The van der Waals surface area contributed by atoms with Crippen LogP contribution < -0.4 is 0 Å². The molecule has 1 aromatic carbocycles. The zero-order valence-corrected chi connectivity index (χ0v) is 8.46. The lowest BCUT2D eigenvalue weighted by molar-refractivity contribution is -0.129. The van der Waals surface area contributed by atoms with E-state index in [1.165, 1.54) is 0 Å². The van der Waals surface area contributed by atoms with Crippen LogP contribution in [0.5, 0.6) is 0 Å². The van der Waals surface area contributed by atoms with Gasteiger partial charge >= 0.3 is 6.18 Å². The van der Waals surface area contributed by atoms with Gasteiger partial charge in [0.05, 0.1) is 0 Å². The summed E-state index contributed by atoms with van der Waals surface area (Å²) in [6, 6.07) is 0.386. The zero-order valence-electron chi connectivity index (χ0n) is 6.88. The maximum absolute atomic E-state index is 12.9. The second-order valence-electron chi connectivity index (χ2n) is 2.69. The van der Waals surface area contributed by atoms with E-state index in [-0.39, 0.29) is 12.1 Å². The van der Waals surface area contributed by atoms with Crippen LogP contribution in [-0.2, 0) is 0 Å². The Kier molecular flexibility index (Phi) is 3.32. The van der Waals surface area contributed by atoms with Crippen LogP contribution in [0.3, 0.4) is 0 Å². The Bertz CT molecular complexity index is 349. The number of rotatable bonds is 1. The molecule has 0 aliphatic carbocycles. The number of hydrogen-bond acceptors (Lipinski definition) is 0. The molecule has 1 atom stereocenters. The lowest BCUT2D eigenvalue weighted by Crippen LogP contribution is -2.18. The van der Waals surface area contributed by atoms with E-state index in [0.29, 0.717) is 0 Å². The molecule has 0 saturated heterocycles. The van der Waals surface area contributed by atoms with E-state index in [0.717, 1.165) is 0 Å². The molecule has 0 aromatic heterocycles. The van der Waals surface area contributed by atoms with Gasteiger partial charge in [0.1, 0.15) is 22.3 Å². The largest absolute Gasteiger partial charge is 0.405 e. The summed E-state index contributed by atoms with van der Waals surface area (Å²) in [6.07, 6.45) is -4.85. The van der Waals surface area contributed by atoms with Crippen molar-refractivity contribution in [3.63, 3.8) is 0 Å². The highest BCUT2D eigenvalue weighted by molar-refractivity contribution is 9.09. The van der Waals surface area contributed by atoms with E-state index >= 15 is 0 Å². The van der Waals surface area contributed by atoms with Crippen LogP contribution in [0.15, 0.2) is 12.1 Å². The SMILES string of the molecule is Fc1cc(F)c(C(Br)C(F)(F)F)c(F)c1. The highest BCUT2D eigenvalue weighted by Gasteiger charge is 2.42. The Morgan fingerprint density at radius 2 is 1.40 bits per heavy atom. The van der Waals surface area contributed by atoms with E-state index in [1.54, 1.807) is 0 Å². The van der Waals surface area contributed by atoms with Gasteiger partial charge in [-0.1, -0.05) is 15.9 Å². The molecule has 0 N–H and O–H groups in total. The van der Waals surface area contributed by atoms with Crippen molar-refractivity contribution in [2.45, 2.75) is 11.0 Å². The van der Waals surface area contributed by atoms with Gasteiger partial charge in [-0.05, 0) is 0 Å². The second kappa shape index (κ2) is 4.03. The topological polar surface area (TPSA) is 0 Å². The summed E-state index contributed by atoms with van der Waals surface area (Å²) < 4.78 is 74.5. The first-order chi connectivity index (χ1) is 6.73. The minimum absolute atomic E-state index is 0.193. The molecule has 0 heterocycles. The summed E-state index contributed by atoms with van der Waals surface area (Å²) in [4.78, 5) is -2.49. The first-order valence-corrected chi connectivity index (χ1v) is 4.50. The van der Waals surface area contributed by atoms with Crippen LogP contribution >= 0.6 is 15.9 Å². The smallest absolute Gasteiger partial charge is 0.207 e. The molecule has 0 amide bonds. The standard InChI is InChI=1S/C8H3BrF6/c9-7(8(13,14)15)6-4(11)1-3(10)2-5(6)12/h1-2,7H. The molecule has 1 rings (SSSR count). The van der Waals surface area contributed by atoms with Crippen molar-refractivity contribution in [2.75, 3.05) is 0 Å². The zero-order chi connectivity index (χ0) is 11.8. The van der Waals surface area contributed by atoms with Crippen molar-refractivity contribution in [1.82, 2.24) is 0 Å². The third-order valence-corrected chi connectivity index (χ3v) is 2.56. The van der Waals surface area contributed by atoms with Crippen LogP contribution in [0.1, 0.15) is 10.4 Å². The van der Waals surface area contributed by atoms with Crippen LogP contribution in [0.2, 0.25) is 0 Å². The predicted molar refractivity (Wildman–Crippen MR) is 44.0 cm³/mol. The number of halogens is 7. The summed E-state index contributed by atoms with van der Waals surface area (Å²) in [5.41, 5.74) is -1.25. The van der Waals surface area contributed by atoms with Gasteiger partial charge in [0.2, 0.25) is 0 Å². The molecule has 0 aliphatic heterocycles.